The van der Waals surface area contributed by atoms with Crippen LogP contribution in [0.5, 0.6) is 0 Å². The molecule has 31 heavy (non-hydrogen) atoms. The normalized spacial score (nSPS) is 21.5. The number of amides is 1. The lowest BCUT2D eigenvalue weighted by molar-refractivity contribution is 0.0740. The molecule has 1 aromatic carbocycles. The minimum atomic E-state index is 0.0127. The van der Waals surface area contributed by atoms with Crippen molar-refractivity contribution in [3.63, 3.8) is 0 Å². The number of fused-ring (bicyclic) bond motifs is 2. The Balaban J connectivity index is 1.58. The summed E-state index contributed by atoms with van der Waals surface area (Å²) in [5.74, 6) is 1.19. The summed E-state index contributed by atoms with van der Waals surface area (Å²) in [5, 5.41) is 1.09. The van der Waals surface area contributed by atoms with Crippen molar-refractivity contribution in [2.75, 3.05) is 6.54 Å². The highest BCUT2D eigenvalue weighted by Crippen LogP contribution is 2.30. The zero-order valence-corrected chi connectivity index (χ0v) is 18.4. The van der Waals surface area contributed by atoms with Gasteiger partial charge in [-0.2, -0.15) is 0 Å². The van der Waals surface area contributed by atoms with Crippen molar-refractivity contribution in [3.8, 4) is 11.5 Å². The minimum absolute atomic E-state index is 0.0127. The fraction of sp³-hybridized carbons (Fsp3) is 0.375. The van der Waals surface area contributed by atoms with E-state index in [1.807, 2.05) is 49.3 Å². The molecule has 1 saturated heterocycles. The molecule has 1 unspecified atom stereocenters. The molecule has 5 rings (SSSR count). The third-order valence-electron chi connectivity index (χ3n) is 6.78. The Labute approximate surface area is 181 Å². The fourth-order valence-corrected chi connectivity index (χ4v) is 4.87. The van der Waals surface area contributed by atoms with Crippen molar-refractivity contribution in [2.24, 2.45) is 18.7 Å². The third kappa shape index (κ3) is 2.95. The summed E-state index contributed by atoms with van der Waals surface area (Å²) >= 11 is 0. The van der Waals surface area contributed by atoms with Crippen LogP contribution in [0.4, 0.5) is 0 Å². The van der Waals surface area contributed by atoms with Gasteiger partial charge in [0.25, 0.3) is 5.91 Å². The lowest BCUT2D eigenvalue weighted by Crippen LogP contribution is -2.40. The molecular weight excluding hydrogens is 388 g/mol. The number of hydrogen-bond donors (Lipinski definition) is 1. The second-order valence-electron chi connectivity index (χ2n) is 8.64. The molecular formula is C24H28N6O. The summed E-state index contributed by atoms with van der Waals surface area (Å²) in [6, 6.07) is 12.0. The summed E-state index contributed by atoms with van der Waals surface area (Å²) in [7, 11) is 2.01. The summed E-state index contributed by atoms with van der Waals surface area (Å²) in [5.41, 5.74) is 10.7. The van der Waals surface area contributed by atoms with Gasteiger partial charge >= 0.3 is 0 Å². The van der Waals surface area contributed by atoms with E-state index in [0.29, 0.717) is 18.0 Å². The number of carbonyl (C=O) groups excluding carboxylic acids is 1. The molecule has 1 aliphatic rings. The van der Waals surface area contributed by atoms with Crippen LogP contribution >= 0.6 is 0 Å². The maximum Gasteiger partial charge on any atom is 0.254 e. The molecule has 2 N–H and O–H groups in total. The second-order valence-corrected chi connectivity index (χ2v) is 8.64. The van der Waals surface area contributed by atoms with Gasteiger partial charge in [0.15, 0.2) is 5.82 Å². The Kier molecular flexibility index (Phi) is 4.59. The predicted octanol–water partition coefficient (Wildman–Crippen LogP) is 3.42. The Bertz CT molecular complexity index is 1300. The number of rotatable bonds is 3. The summed E-state index contributed by atoms with van der Waals surface area (Å²) < 4.78 is 4.26. The van der Waals surface area contributed by atoms with Crippen molar-refractivity contribution >= 4 is 28.0 Å². The highest BCUT2D eigenvalue weighted by molar-refractivity contribution is 5.98. The Morgan fingerprint density at radius 1 is 1.23 bits per heavy atom. The number of nitrogens with two attached hydrogens (primary N) is 1. The molecule has 4 heterocycles. The third-order valence-corrected chi connectivity index (χ3v) is 6.78. The van der Waals surface area contributed by atoms with Crippen molar-refractivity contribution in [1.82, 2.24) is 24.0 Å². The quantitative estimate of drug-likeness (QED) is 0.555. The molecule has 0 spiro atoms. The number of nitrogens with zero attached hydrogens (tertiary/aromatic N) is 5. The van der Waals surface area contributed by atoms with Crippen LogP contribution in [-0.4, -0.2) is 48.5 Å². The van der Waals surface area contributed by atoms with E-state index in [9.17, 15) is 4.79 Å². The molecule has 7 heteroatoms. The largest absolute Gasteiger partial charge is 0.334 e. The number of carbonyl (C=O) groups is 1. The van der Waals surface area contributed by atoms with E-state index in [1.54, 1.807) is 0 Å². The monoisotopic (exact) mass is 416 g/mol. The molecule has 0 aliphatic carbocycles. The SMILES string of the molecule is CCn1c(-c2nc3cc(C(=O)N4C[C@@H](C)C(N)[C@H]4C)ccc3n2C)cc2cccnc21. The van der Waals surface area contributed by atoms with Gasteiger partial charge in [0.1, 0.15) is 5.65 Å². The van der Waals surface area contributed by atoms with Gasteiger partial charge < -0.3 is 19.8 Å². The number of imidazole rings is 1. The van der Waals surface area contributed by atoms with E-state index >= 15 is 0 Å². The molecule has 0 saturated carbocycles. The van der Waals surface area contributed by atoms with Gasteiger partial charge in [0.2, 0.25) is 0 Å². The standard InChI is InChI=1S/C24H28N6O/c1-5-29-20(12-16-7-6-10-26-22(16)29)23-27-18-11-17(8-9-19(18)28(23)4)24(31)30-13-14(2)21(25)15(30)3/h6-12,14-15,21H,5,13,25H2,1-4H3/t14-,15-,21?/m1/s1. The first kappa shape index (κ1) is 19.8. The number of benzene rings is 1. The smallest absolute Gasteiger partial charge is 0.254 e. The van der Waals surface area contributed by atoms with Crippen LogP contribution in [0.3, 0.4) is 0 Å². The zero-order valence-electron chi connectivity index (χ0n) is 18.4. The van der Waals surface area contributed by atoms with Crippen LogP contribution in [-0.2, 0) is 13.6 Å². The first-order valence-corrected chi connectivity index (χ1v) is 10.9. The van der Waals surface area contributed by atoms with Crippen molar-refractivity contribution in [3.05, 3.63) is 48.2 Å². The number of likely N-dealkylation sites (tertiary alicyclic amines) is 1. The number of aryl methyl sites for hydroxylation is 2. The van der Waals surface area contributed by atoms with Gasteiger partial charge in [-0.25, -0.2) is 9.97 Å². The van der Waals surface area contributed by atoms with Gasteiger partial charge in [-0.15, -0.1) is 0 Å². The molecule has 3 atom stereocenters. The zero-order chi connectivity index (χ0) is 21.9. The molecule has 160 valence electrons. The maximum atomic E-state index is 13.2. The van der Waals surface area contributed by atoms with Crippen LogP contribution in [0.1, 0.15) is 31.1 Å². The van der Waals surface area contributed by atoms with Gasteiger partial charge in [-0.05, 0) is 56.2 Å². The Morgan fingerprint density at radius 3 is 2.74 bits per heavy atom. The van der Waals surface area contributed by atoms with Crippen molar-refractivity contribution in [1.29, 1.82) is 0 Å². The molecule has 1 aliphatic heterocycles. The maximum absolute atomic E-state index is 13.2. The summed E-state index contributed by atoms with van der Waals surface area (Å²) in [6.45, 7) is 7.73. The molecule has 4 aromatic rings. The highest BCUT2D eigenvalue weighted by atomic mass is 16.2. The molecule has 0 radical (unpaired) electrons. The van der Waals surface area contributed by atoms with Gasteiger partial charge in [-0.3, -0.25) is 4.79 Å². The molecule has 7 nitrogen and oxygen atoms in total. The van der Waals surface area contributed by atoms with Crippen LogP contribution < -0.4 is 5.73 Å². The average molecular weight is 417 g/mol. The van der Waals surface area contributed by atoms with Crippen LogP contribution in [0.2, 0.25) is 0 Å². The molecule has 0 bridgehead atoms. The summed E-state index contributed by atoms with van der Waals surface area (Å²) in [4.78, 5) is 24.6. The van der Waals surface area contributed by atoms with Gasteiger partial charge in [-0.1, -0.05) is 6.92 Å². The Morgan fingerprint density at radius 2 is 2.03 bits per heavy atom. The fourth-order valence-electron chi connectivity index (χ4n) is 4.87. The first-order chi connectivity index (χ1) is 14.9. The highest BCUT2D eigenvalue weighted by Gasteiger charge is 2.37. The van der Waals surface area contributed by atoms with E-state index in [4.69, 9.17) is 10.7 Å². The molecule has 3 aromatic heterocycles. The van der Waals surface area contributed by atoms with Crippen LogP contribution in [0, 0.1) is 5.92 Å². The molecule has 1 fully saturated rings. The van der Waals surface area contributed by atoms with Gasteiger partial charge in [0, 0.05) is 49.4 Å². The minimum Gasteiger partial charge on any atom is -0.334 e. The van der Waals surface area contributed by atoms with Gasteiger partial charge in [0.05, 0.1) is 16.7 Å². The molecule has 1 amide bonds. The lowest BCUT2D eigenvalue weighted by atomic mass is 10.0. The van der Waals surface area contributed by atoms with Crippen LogP contribution in [0.25, 0.3) is 33.6 Å². The number of pyridine rings is 1. The predicted molar refractivity (Wildman–Crippen MR) is 123 cm³/mol. The topological polar surface area (TPSA) is 82.0 Å². The van der Waals surface area contributed by atoms with Crippen molar-refractivity contribution in [2.45, 2.75) is 39.4 Å². The number of aromatic nitrogens is 4. The van der Waals surface area contributed by atoms with E-state index in [0.717, 1.165) is 40.1 Å². The second kappa shape index (κ2) is 7.20. The van der Waals surface area contributed by atoms with E-state index < -0.39 is 0 Å². The summed E-state index contributed by atoms with van der Waals surface area (Å²) in [6.07, 6.45) is 1.82. The van der Waals surface area contributed by atoms with Crippen molar-refractivity contribution < 1.29 is 4.79 Å². The average Bonchev–Trinajstić information content (AvgIpc) is 3.40. The first-order valence-electron chi connectivity index (χ1n) is 10.9. The Hall–Kier alpha value is -3.19. The van der Waals surface area contributed by atoms with E-state index in [2.05, 4.69) is 40.1 Å². The van der Waals surface area contributed by atoms with E-state index in [-0.39, 0.29) is 18.0 Å². The lowest BCUT2D eigenvalue weighted by Gasteiger charge is -2.23. The number of hydrogen-bond acceptors (Lipinski definition) is 4. The van der Waals surface area contributed by atoms with Crippen LogP contribution in [0.15, 0.2) is 42.6 Å². The van der Waals surface area contributed by atoms with E-state index in [1.165, 1.54) is 0 Å².